The third kappa shape index (κ3) is 3.17. The molecule has 5 nitrogen and oxygen atoms in total. The Morgan fingerprint density at radius 2 is 1.81 bits per heavy atom. The van der Waals surface area contributed by atoms with Crippen LogP contribution in [0.1, 0.15) is 15.9 Å². The van der Waals surface area contributed by atoms with Gasteiger partial charge in [0, 0.05) is 6.54 Å². The average Bonchev–Trinajstić information content (AvgIpc) is 2.78. The van der Waals surface area contributed by atoms with Crippen LogP contribution in [0.25, 0.3) is 6.08 Å². The largest absolute Gasteiger partial charge is 0.351 e. The van der Waals surface area contributed by atoms with Crippen LogP contribution in [0.2, 0.25) is 5.28 Å². The van der Waals surface area contributed by atoms with Gasteiger partial charge in [0.25, 0.3) is 5.91 Å². The second-order valence-electron chi connectivity index (χ2n) is 5.78. The van der Waals surface area contributed by atoms with Gasteiger partial charge in [-0.25, -0.2) is 4.98 Å². The van der Waals surface area contributed by atoms with E-state index in [9.17, 15) is 4.79 Å². The predicted octanol–water partition coefficient (Wildman–Crippen LogP) is 4.55. The number of carbonyl (C=O) groups excluding carboxylic acids is 1. The molecule has 0 bridgehead atoms. The van der Waals surface area contributed by atoms with E-state index in [2.05, 4.69) is 15.3 Å². The predicted molar refractivity (Wildman–Crippen MR) is 104 cm³/mol. The minimum atomic E-state index is -0.140. The van der Waals surface area contributed by atoms with Crippen molar-refractivity contribution in [2.75, 3.05) is 16.8 Å². The molecule has 0 spiro atoms. The first-order valence-corrected chi connectivity index (χ1v) is 8.52. The van der Waals surface area contributed by atoms with Crippen LogP contribution in [0, 0.1) is 0 Å². The number of aromatic nitrogens is 2. The fourth-order valence-electron chi connectivity index (χ4n) is 2.84. The van der Waals surface area contributed by atoms with Crippen LogP contribution >= 0.6 is 11.6 Å². The molecular formula is C20H15ClN4O. The molecule has 0 unspecified atom stereocenters. The quantitative estimate of drug-likeness (QED) is 0.694. The van der Waals surface area contributed by atoms with Crippen molar-refractivity contribution in [2.45, 2.75) is 0 Å². The van der Waals surface area contributed by atoms with Crippen molar-refractivity contribution in [3.63, 3.8) is 0 Å². The fraction of sp³-hybridized carbons (Fsp3) is 0.0500. The van der Waals surface area contributed by atoms with Crippen molar-refractivity contribution in [1.29, 1.82) is 0 Å². The first kappa shape index (κ1) is 16.3. The van der Waals surface area contributed by atoms with Crippen molar-refractivity contribution in [1.82, 2.24) is 9.97 Å². The van der Waals surface area contributed by atoms with E-state index in [1.54, 1.807) is 17.2 Å². The molecule has 0 aliphatic carbocycles. The highest BCUT2D eigenvalue weighted by Gasteiger charge is 2.27. The van der Waals surface area contributed by atoms with Gasteiger partial charge in [0.15, 0.2) is 5.82 Å². The molecule has 0 saturated heterocycles. The monoisotopic (exact) mass is 362 g/mol. The third-order valence-electron chi connectivity index (χ3n) is 4.06. The van der Waals surface area contributed by atoms with Crippen LogP contribution in [0.15, 0.2) is 66.9 Å². The Labute approximate surface area is 156 Å². The number of carbonyl (C=O) groups is 1. The second kappa shape index (κ2) is 6.98. The van der Waals surface area contributed by atoms with Crippen LogP contribution in [0.3, 0.4) is 0 Å². The molecule has 4 rings (SSSR count). The second-order valence-corrected chi connectivity index (χ2v) is 6.11. The summed E-state index contributed by atoms with van der Waals surface area (Å²) in [6.07, 6.45) is 5.49. The summed E-state index contributed by atoms with van der Waals surface area (Å²) in [5, 5.41) is 3.33. The third-order valence-corrected chi connectivity index (χ3v) is 4.25. The molecule has 0 atom stereocenters. The molecule has 1 N–H and O–H groups in total. The van der Waals surface area contributed by atoms with Crippen LogP contribution in [-0.2, 0) is 0 Å². The molecule has 1 amide bonds. The van der Waals surface area contributed by atoms with Gasteiger partial charge in [0.1, 0.15) is 5.69 Å². The maximum atomic E-state index is 13.1. The summed E-state index contributed by atoms with van der Waals surface area (Å²) in [5.74, 6) is 0.322. The maximum Gasteiger partial charge on any atom is 0.261 e. The van der Waals surface area contributed by atoms with E-state index in [0.29, 0.717) is 23.6 Å². The summed E-state index contributed by atoms with van der Waals surface area (Å²) in [6.45, 7) is 0.365. The lowest BCUT2D eigenvalue weighted by Crippen LogP contribution is -2.31. The molecule has 0 fully saturated rings. The highest BCUT2D eigenvalue weighted by Crippen LogP contribution is 2.34. The molecule has 1 aliphatic heterocycles. The number of benzene rings is 2. The van der Waals surface area contributed by atoms with E-state index >= 15 is 0 Å². The normalized spacial score (nSPS) is 13.1. The van der Waals surface area contributed by atoms with Gasteiger partial charge in [-0.15, -0.1) is 0 Å². The lowest BCUT2D eigenvalue weighted by atomic mass is 10.1. The van der Waals surface area contributed by atoms with Gasteiger partial charge in [-0.3, -0.25) is 9.69 Å². The van der Waals surface area contributed by atoms with Crippen molar-refractivity contribution in [3.8, 4) is 0 Å². The molecule has 0 saturated carbocycles. The zero-order valence-corrected chi connectivity index (χ0v) is 14.5. The Kier molecular flexibility index (Phi) is 4.37. The van der Waals surface area contributed by atoms with Gasteiger partial charge in [-0.1, -0.05) is 54.6 Å². The molecule has 3 aromatic rings. The Morgan fingerprint density at radius 3 is 2.65 bits per heavy atom. The van der Waals surface area contributed by atoms with Gasteiger partial charge in [0.05, 0.1) is 17.4 Å². The lowest BCUT2D eigenvalue weighted by molar-refractivity contribution is 0.0990. The summed E-state index contributed by atoms with van der Waals surface area (Å²) in [4.78, 5) is 23.0. The number of fused-ring (bicyclic) bond motifs is 2. The van der Waals surface area contributed by atoms with Crippen molar-refractivity contribution >= 4 is 40.8 Å². The van der Waals surface area contributed by atoms with Gasteiger partial charge < -0.3 is 5.32 Å². The summed E-state index contributed by atoms with van der Waals surface area (Å²) in [6, 6.07) is 17.3. The number of anilines is 3. The fourth-order valence-corrected chi connectivity index (χ4v) is 2.97. The summed E-state index contributed by atoms with van der Waals surface area (Å²) in [5.41, 5.74) is 3.00. The van der Waals surface area contributed by atoms with Gasteiger partial charge >= 0.3 is 0 Å². The highest BCUT2D eigenvalue weighted by atomic mass is 35.5. The summed E-state index contributed by atoms with van der Waals surface area (Å²) >= 11 is 5.98. The van der Waals surface area contributed by atoms with E-state index in [4.69, 9.17) is 11.6 Å². The molecule has 26 heavy (non-hydrogen) atoms. The number of amides is 1. The molecular weight excluding hydrogens is 348 g/mol. The standard InChI is InChI=1S/C20H15ClN4O/c21-20-22-13-17-18(24-20)25(12-6-9-14-7-2-1-3-8-14)19(26)15-10-4-5-11-16(15)23-17/h1-11,13,23H,12H2/b9-6+. The highest BCUT2D eigenvalue weighted by molar-refractivity contribution is 6.28. The minimum Gasteiger partial charge on any atom is -0.351 e. The summed E-state index contributed by atoms with van der Waals surface area (Å²) in [7, 11) is 0. The van der Waals surface area contributed by atoms with Crippen LogP contribution < -0.4 is 10.2 Å². The van der Waals surface area contributed by atoms with Crippen molar-refractivity contribution < 1.29 is 4.79 Å². The molecule has 1 aliphatic rings. The zero-order chi connectivity index (χ0) is 17.9. The number of halogens is 1. The zero-order valence-electron chi connectivity index (χ0n) is 13.8. The molecule has 6 heteroatoms. The molecule has 2 aromatic carbocycles. The Hall–Kier alpha value is -3.18. The van der Waals surface area contributed by atoms with E-state index in [1.807, 2.05) is 60.7 Å². The Morgan fingerprint density at radius 1 is 1.04 bits per heavy atom. The van der Waals surface area contributed by atoms with Crippen LogP contribution in [0.5, 0.6) is 0 Å². The van der Waals surface area contributed by atoms with Crippen LogP contribution in [0.4, 0.5) is 17.2 Å². The van der Waals surface area contributed by atoms with E-state index in [1.165, 1.54) is 0 Å². The number of para-hydroxylation sites is 1. The number of hydrogen-bond acceptors (Lipinski definition) is 4. The molecule has 0 radical (unpaired) electrons. The molecule has 128 valence electrons. The summed E-state index contributed by atoms with van der Waals surface area (Å²) < 4.78 is 0. The number of nitrogens with one attached hydrogen (secondary N) is 1. The smallest absolute Gasteiger partial charge is 0.261 e. The lowest BCUT2D eigenvalue weighted by Gasteiger charge is -2.19. The number of hydrogen-bond donors (Lipinski definition) is 1. The Bertz CT molecular complexity index is 988. The maximum absolute atomic E-state index is 13.1. The Balaban J connectivity index is 1.73. The van der Waals surface area contributed by atoms with Gasteiger partial charge in [-0.2, -0.15) is 4.98 Å². The van der Waals surface area contributed by atoms with Gasteiger partial charge in [0.2, 0.25) is 5.28 Å². The topological polar surface area (TPSA) is 58.1 Å². The van der Waals surface area contributed by atoms with E-state index < -0.39 is 0 Å². The van der Waals surface area contributed by atoms with Crippen LogP contribution in [-0.4, -0.2) is 22.4 Å². The molecule has 1 aromatic heterocycles. The van der Waals surface area contributed by atoms with Gasteiger partial charge in [-0.05, 0) is 29.3 Å². The van der Waals surface area contributed by atoms with Crippen molar-refractivity contribution in [2.24, 2.45) is 0 Å². The minimum absolute atomic E-state index is 0.0985. The average molecular weight is 363 g/mol. The number of nitrogens with zero attached hydrogens (tertiary/aromatic N) is 3. The molecule has 2 heterocycles. The van der Waals surface area contributed by atoms with E-state index in [0.717, 1.165) is 11.3 Å². The van der Waals surface area contributed by atoms with Crippen molar-refractivity contribution in [3.05, 3.63) is 83.3 Å². The van der Waals surface area contributed by atoms with E-state index in [-0.39, 0.29) is 11.2 Å². The first-order chi connectivity index (χ1) is 12.7. The SMILES string of the molecule is O=C1c2ccccc2Nc2cnc(Cl)nc2N1C/C=C/c1ccccc1. The number of rotatable bonds is 3. The first-order valence-electron chi connectivity index (χ1n) is 8.14.